The van der Waals surface area contributed by atoms with Crippen LogP contribution in [0.4, 0.5) is 0 Å². The smallest absolute Gasteiger partial charge is 0.219 e. The number of hydrogen-bond donors (Lipinski definition) is 2. The van der Waals surface area contributed by atoms with Crippen LogP contribution in [0, 0.1) is 0 Å². The van der Waals surface area contributed by atoms with E-state index in [-0.39, 0.29) is 24.0 Å². The second kappa shape index (κ2) is 10.7. The summed E-state index contributed by atoms with van der Waals surface area (Å²) in [6, 6.07) is 11.3. The van der Waals surface area contributed by atoms with Gasteiger partial charge in [-0.05, 0) is 42.8 Å². The predicted molar refractivity (Wildman–Crippen MR) is 107 cm³/mol. The molecule has 2 aromatic rings. The molecular formula is C17H23IN4O2. The standard InChI is InChI=1S/C17H22N4O2.HI/c1-4-22-14-5-7-15(8-6-14)23-16-11-13(9-10-20-16)12-21-17(18-2)19-3;/h5-11H,4,12H2,1-3H3,(H2,18,19,21);1H. The van der Waals surface area contributed by atoms with Gasteiger partial charge in [-0.3, -0.25) is 4.99 Å². The van der Waals surface area contributed by atoms with Crippen LogP contribution in [-0.4, -0.2) is 31.6 Å². The van der Waals surface area contributed by atoms with Crippen molar-refractivity contribution in [2.75, 3.05) is 20.7 Å². The SMILES string of the molecule is CCOc1ccc(Oc2cc(CNC(=NC)NC)ccn2)cc1.I. The molecule has 0 aliphatic rings. The van der Waals surface area contributed by atoms with Gasteiger partial charge >= 0.3 is 0 Å². The number of rotatable bonds is 6. The average molecular weight is 442 g/mol. The number of hydrogen-bond acceptors (Lipinski definition) is 4. The molecule has 0 spiro atoms. The molecule has 0 aliphatic carbocycles. The van der Waals surface area contributed by atoms with Gasteiger partial charge < -0.3 is 20.1 Å². The second-order valence-corrected chi connectivity index (χ2v) is 4.68. The van der Waals surface area contributed by atoms with Crippen LogP contribution in [-0.2, 0) is 6.54 Å². The van der Waals surface area contributed by atoms with E-state index in [9.17, 15) is 0 Å². The molecule has 7 heteroatoms. The maximum absolute atomic E-state index is 5.77. The lowest BCUT2D eigenvalue weighted by molar-refractivity contribution is 0.339. The van der Waals surface area contributed by atoms with Crippen LogP contribution in [0.2, 0.25) is 0 Å². The first-order chi connectivity index (χ1) is 11.2. The average Bonchev–Trinajstić information content (AvgIpc) is 2.58. The number of nitrogens with one attached hydrogen (secondary N) is 2. The number of guanidine groups is 1. The van der Waals surface area contributed by atoms with Crippen molar-refractivity contribution in [1.82, 2.24) is 15.6 Å². The number of halogens is 1. The third kappa shape index (κ3) is 6.23. The van der Waals surface area contributed by atoms with Crippen LogP contribution in [0.3, 0.4) is 0 Å². The number of aromatic nitrogens is 1. The fourth-order valence-electron chi connectivity index (χ4n) is 1.97. The lowest BCUT2D eigenvalue weighted by Gasteiger charge is -2.10. The van der Waals surface area contributed by atoms with Crippen molar-refractivity contribution in [3.63, 3.8) is 0 Å². The van der Waals surface area contributed by atoms with Crippen molar-refractivity contribution in [2.24, 2.45) is 4.99 Å². The quantitative estimate of drug-likeness (QED) is 0.409. The highest BCUT2D eigenvalue weighted by Gasteiger charge is 2.02. The first kappa shape index (κ1) is 20.0. The molecule has 1 heterocycles. The topological polar surface area (TPSA) is 67.8 Å². The minimum Gasteiger partial charge on any atom is -0.494 e. The lowest BCUT2D eigenvalue weighted by atomic mass is 10.2. The summed E-state index contributed by atoms with van der Waals surface area (Å²) in [5.41, 5.74) is 1.05. The molecule has 130 valence electrons. The lowest BCUT2D eigenvalue weighted by Crippen LogP contribution is -2.34. The van der Waals surface area contributed by atoms with Crippen LogP contribution >= 0.6 is 24.0 Å². The molecule has 0 saturated heterocycles. The molecule has 24 heavy (non-hydrogen) atoms. The molecule has 0 atom stereocenters. The van der Waals surface area contributed by atoms with Crippen molar-refractivity contribution in [2.45, 2.75) is 13.5 Å². The largest absolute Gasteiger partial charge is 0.494 e. The molecule has 0 fully saturated rings. The first-order valence-corrected chi connectivity index (χ1v) is 7.49. The Morgan fingerprint density at radius 3 is 2.50 bits per heavy atom. The van der Waals surface area contributed by atoms with E-state index in [0.29, 0.717) is 19.0 Å². The zero-order valence-corrected chi connectivity index (χ0v) is 16.4. The molecule has 2 N–H and O–H groups in total. The Morgan fingerprint density at radius 1 is 1.17 bits per heavy atom. The van der Waals surface area contributed by atoms with E-state index in [1.165, 1.54) is 0 Å². The Hall–Kier alpha value is -2.03. The highest BCUT2D eigenvalue weighted by molar-refractivity contribution is 14.0. The van der Waals surface area contributed by atoms with Gasteiger partial charge in [0.25, 0.3) is 0 Å². The second-order valence-electron chi connectivity index (χ2n) is 4.68. The van der Waals surface area contributed by atoms with Crippen molar-refractivity contribution in [1.29, 1.82) is 0 Å². The van der Waals surface area contributed by atoms with Gasteiger partial charge in [-0.15, -0.1) is 24.0 Å². The maximum atomic E-state index is 5.77. The normalized spacial score (nSPS) is 10.5. The first-order valence-electron chi connectivity index (χ1n) is 7.49. The molecule has 0 unspecified atom stereocenters. The summed E-state index contributed by atoms with van der Waals surface area (Å²) in [5, 5.41) is 6.16. The van der Waals surface area contributed by atoms with Gasteiger partial charge in [0.05, 0.1) is 6.61 Å². The van der Waals surface area contributed by atoms with Crippen molar-refractivity contribution >= 4 is 29.9 Å². The molecule has 0 amide bonds. The van der Waals surface area contributed by atoms with Crippen LogP contribution in [0.15, 0.2) is 47.6 Å². The highest BCUT2D eigenvalue weighted by atomic mass is 127. The molecule has 0 aliphatic heterocycles. The van der Waals surface area contributed by atoms with E-state index < -0.39 is 0 Å². The fraction of sp³-hybridized carbons (Fsp3) is 0.294. The van der Waals surface area contributed by atoms with Gasteiger partial charge in [-0.1, -0.05) is 0 Å². The summed E-state index contributed by atoms with van der Waals surface area (Å²) in [6.45, 7) is 3.23. The summed E-state index contributed by atoms with van der Waals surface area (Å²) in [4.78, 5) is 8.30. The summed E-state index contributed by atoms with van der Waals surface area (Å²) in [7, 11) is 3.55. The van der Waals surface area contributed by atoms with Crippen molar-refractivity contribution in [3.05, 3.63) is 48.2 Å². The number of aliphatic imine (C=N–C) groups is 1. The van der Waals surface area contributed by atoms with E-state index in [1.807, 2.05) is 50.4 Å². The monoisotopic (exact) mass is 442 g/mol. The number of pyridine rings is 1. The van der Waals surface area contributed by atoms with Gasteiger partial charge in [0.15, 0.2) is 5.96 Å². The number of ether oxygens (including phenoxy) is 2. The number of nitrogens with zero attached hydrogens (tertiary/aromatic N) is 2. The van der Waals surface area contributed by atoms with Crippen LogP contribution in [0.25, 0.3) is 0 Å². The van der Waals surface area contributed by atoms with Crippen LogP contribution in [0.5, 0.6) is 17.4 Å². The van der Waals surface area contributed by atoms with E-state index in [0.717, 1.165) is 23.0 Å². The molecule has 0 saturated carbocycles. The minimum atomic E-state index is 0. The summed E-state index contributed by atoms with van der Waals surface area (Å²) < 4.78 is 11.2. The molecule has 0 radical (unpaired) electrons. The molecule has 2 rings (SSSR count). The highest BCUT2D eigenvalue weighted by Crippen LogP contribution is 2.22. The van der Waals surface area contributed by atoms with Crippen LogP contribution in [0.1, 0.15) is 12.5 Å². The van der Waals surface area contributed by atoms with Gasteiger partial charge in [-0.25, -0.2) is 4.98 Å². The minimum absolute atomic E-state index is 0. The van der Waals surface area contributed by atoms with E-state index in [2.05, 4.69) is 20.6 Å². The number of benzene rings is 1. The molecule has 1 aromatic heterocycles. The molecular weight excluding hydrogens is 419 g/mol. The summed E-state index contributed by atoms with van der Waals surface area (Å²) >= 11 is 0. The third-order valence-corrected chi connectivity index (χ3v) is 3.08. The Morgan fingerprint density at radius 2 is 1.88 bits per heavy atom. The maximum Gasteiger partial charge on any atom is 0.219 e. The molecule has 6 nitrogen and oxygen atoms in total. The van der Waals surface area contributed by atoms with Crippen LogP contribution < -0.4 is 20.1 Å². The summed E-state index contributed by atoms with van der Waals surface area (Å²) in [6.07, 6.45) is 1.73. The van der Waals surface area contributed by atoms with E-state index in [4.69, 9.17) is 9.47 Å². The van der Waals surface area contributed by atoms with Gasteiger partial charge in [0, 0.05) is 32.9 Å². The van der Waals surface area contributed by atoms with Gasteiger partial charge in [0.2, 0.25) is 5.88 Å². The van der Waals surface area contributed by atoms with Crippen molar-refractivity contribution < 1.29 is 9.47 Å². The van der Waals surface area contributed by atoms with E-state index >= 15 is 0 Å². The predicted octanol–water partition coefficient (Wildman–Crippen LogP) is 3.19. The fourth-order valence-corrected chi connectivity index (χ4v) is 1.97. The van der Waals surface area contributed by atoms with E-state index in [1.54, 1.807) is 13.2 Å². The van der Waals surface area contributed by atoms with Gasteiger partial charge in [-0.2, -0.15) is 0 Å². The Kier molecular flexibility index (Phi) is 8.92. The Bertz CT molecular complexity index is 647. The summed E-state index contributed by atoms with van der Waals surface area (Å²) in [5.74, 6) is 2.82. The van der Waals surface area contributed by atoms with Gasteiger partial charge in [0.1, 0.15) is 11.5 Å². The van der Waals surface area contributed by atoms with Crippen molar-refractivity contribution in [3.8, 4) is 17.4 Å². The zero-order chi connectivity index (χ0) is 16.5. The third-order valence-electron chi connectivity index (χ3n) is 3.08. The molecule has 0 bridgehead atoms. The molecule has 1 aromatic carbocycles. The Labute approximate surface area is 159 Å². The Balaban J connectivity index is 0.00000288. The zero-order valence-electron chi connectivity index (χ0n) is 14.1.